The van der Waals surface area contributed by atoms with E-state index in [0.29, 0.717) is 12.1 Å². The molecule has 0 aromatic heterocycles. The summed E-state index contributed by atoms with van der Waals surface area (Å²) in [5.41, 5.74) is -3.61. The molecule has 2 unspecified atom stereocenters. The van der Waals surface area contributed by atoms with Crippen LogP contribution in [0.2, 0.25) is 0 Å². The molecule has 1 aromatic rings. The predicted molar refractivity (Wildman–Crippen MR) is 63.4 cm³/mol. The maximum Gasteiger partial charge on any atom is 0.416 e. The van der Waals surface area contributed by atoms with E-state index in [1.807, 2.05) is 0 Å². The van der Waals surface area contributed by atoms with Crippen molar-refractivity contribution in [2.45, 2.75) is 18.5 Å². The van der Waals surface area contributed by atoms with Crippen molar-refractivity contribution in [2.75, 3.05) is 13.2 Å². The Kier molecular flexibility index (Phi) is 4.22. The van der Waals surface area contributed by atoms with Gasteiger partial charge >= 0.3 is 12.4 Å². The molecule has 9 heteroatoms. The van der Waals surface area contributed by atoms with Crippen LogP contribution in [-0.4, -0.2) is 24.0 Å². The summed E-state index contributed by atoms with van der Waals surface area (Å²) in [6, 6.07) is 0.920. The molecule has 3 nitrogen and oxygen atoms in total. The summed E-state index contributed by atoms with van der Waals surface area (Å²) in [6.45, 7) is -0.232. The van der Waals surface area contributed by atoms with E-state index >= 15 is 0 Å². The zero-order valence-corrected chi connectivity index (χ0v) is 10.9. The van der Waals surface area contributed by atoms with Gasteiger partial charge in [-0.1, -0.05) is 0 Å². The summed E-state index contributed by atoms with van der Waals surface area (Å²) in [6.07, 6.45) is -11.6. The highest BCUT2D eigenvalue weighted by Gasteiger charge is 2.39. The van der Waals surface area contributed by atoms with Crippen LogP contribution in [0.4, 0.5) is 26.3 Å². The van der Waals surface area contributed by atoms with Crippen LogP contribution >= 0.6 is 0 Å². The average molecular weight is 327 g/mol. The predicted octanol–water partition coefficient (Wildman–Crippen LogP) is 3.42. The number of rotatable bonds is 2. The molecule has 0 spiro atoms. The van der Waals surface area contributed by atoms with E-state index < -0.39 is 41.1 Å². The second-order valence-electron chi connectivity index (χ2n) is 4.93. The Morgan fingerprint density at radius 3 is 1.91 bits per heavy atom. The quantitative estimate of drug-likeness (QED) is 0.818. The largest absolute Gasteiger partial charge is 0.416 e. The highest BCUT2D eigenvalue weighted by Crippen LogP contribution is 2.39. The van der Waals surface area contributed by atoms with Gasteiger partial charge in [-0.2, -0.15) is 26.3 Å². The molecular formula is C13H11F6NO2. The molecule has 2 N–H and O–H groups in total. The van der Waals surface area contributed by atoms with Crippen LogP contribution in [0.25, 0.3) is 0 Å². The summed E-state index contributed by atoms with van der Waals surface area (Å²) in [5, 5.41) is 17.5. The van der Waals surface area contributed by atoms with Crippen molar-refractivity contribution in [3.8, 4) is 0 Å². The van der Waals surface area contributed by atoms with E-state index in [4.69, 9.17) is 10.1 Å². The highest BCUT2D eigenvalue weighted by molar-refractivity contribution is 5.87. The van der Waals surface area contributed by atoms with Crippen LogP contribution in [0.15, 0.2) is 18.2 Å². The fourth-order valence-corrected chi connectivity index (χ4v) is 2.17. The lowest BCUT2D eigenvalue weighted by Crippen LogP contribution is -2.21. The molecule has 1 aliphatic heterocycles. The Hall–Kier alpha value is -1.61. The summed E-state index contributed by atoms with van der Waals surface area (Å²) in [5.74, 6) is -0.954. The van der Waals surface area contributed by atoms with E-state index in [0.717, 1.165) is 0 Å². The standard InChI is InChI=1S/C13H11F6NO2/c14-12(15,16)7-1-6(2-8(3-7)13(17,18)19)11(21)9-4-22-5-10(9)20/h1-3,9,11,20-21H,4-5H2. The molecule has 1 saturated heterocycles. The topological polar surface area (TPSA) is 53.3 Å². The number of aliphatic hydroxyl groups is 1. The number of nitrogens with one attached hydrogen (secondary N) is 1. The van der Waals surface area contributed by atoms with Gasteiger partial charge in [-0.25, -0.2) is 0 Å². The van der Waals surface area contributed by atoms with Crippen molar-refractivity contribution in [2.24, 2.45) is 5.92 Å². The van der Waals surface area contributed by atoms with E-state index in [-0.39, 0.29) is 25.0 Å². The van der Waals surface area contributed by atoms with Crippen molar-refractivity contribution < 1.29 is 36.2 Å². The van der Waals surface area contributed by atoms with Crippen molar-refractivity contribution in [1.29, 1.82) is 5.41 Å². The van der Waals surface area contributed by atoms with E-state index in [1.54, 1.807) is 0 Å². The molecule has 1 aliphatic rings. The molecule has 0 amide bonds. The minimum atomic E-state index is -4.98. The SMILES string of the molecule is N=C1COCC1C(O)c1cc(C(F)(F)F)cc(C(F)(F)F)c1. The van der Waals surface area contributed by atoms with Gasteiger partial charge in [0.1, 0.15) is 0 Å². The normalized spacial score (nSPS) is 21.2. The molecular weight excluding hydrogens is 316 g/mol. The first kappa shape index (κ1) is 16.8. The van der Waals surface area contributed by atoms with Gasteiger partial charge in [-0.15, -0.1) is 0 Å². The van der Waals surface area contributed by atoms with Crippen LogP contribution in [0.1, 0.15) is 22.8 Å². The minimum absolute atomic E-state index is 0.00725. The van der Waals surface area contributed by atoms with E-state index in [2.05, 4.69) is 0 Å². The molecule has 2 rings (SSSR count). The first-order valence-electron chi connectivity index (χ1n) is 6.12. The van der Waals surface area contributed by atoms with Crippen molar-refractivity contribution in [1.82, 2.24) is 0 Å². The Morgan fingerprint density at radius 1 is 1.05 bits per heavy atom. The number of hydrogen-bond donors (Lipinski definition) is 2. The fourth-order valence-electron chi connectivity index (χ4n) is 2.17. The molecule has 0 saturated carbocycles. The average Bonchev–Trinajstić information content (AvgIpc) is 2.81. The third-order valence-electron chi connectivity index (χ3n) is 3.34. The Morgan fingerprint density at radius 2 is 1.55 bits per heavy atom. The smallest absolute Gasteiger partial charge is 0.388 e. The molecule has 0 radical (unpaired) electrons. The number of hydrogen-bond acceptors (Lipinski definition) is 3. The lowest BCUT2D eigenvalue weighted by Gasteiger charge is -2.20. The summed E-state index contributed by atoms with van der Waals surface area (Å²) in [7, 11) is 0. The first-order valence-corrected chi connectivity index (χ1v) is 6.12. The van der Waals surface area contributed by atoms with Crippen LogP contribution in [-0.2, 0) is 17.1 Å². The summed E-state index contributed by atoms with van der Waals surface area (Å²) in [4.78, 5) is 0. The Bertz CT molecular complexity index is 549. The number of benzene rings is 1. The molecule has 1 aromatic carbocycles. The number of alkyl halides is 6. The van der Waals surface area contributed by atoms with Crippen molar-refractivity contribution in [3.05, 3.63) is 34.9 Å². The zero-order chi connectivity index (χ0) is 16.7. The monoisotopic (exact) mass is 327 g/mol. The molecule has 1 heterocycles. The number of ether oxygens (including phenoxy) is 1. The van der Waals surface area contributed by atoms with E-state index in [1.165, 1.54) is 0 Å². The fraction of sp³-hybridized carbons (Fsp3) is 0.462. The second kappa shape index (κ2) is 5.54. The lowest BCUT2D eigenvalue weighted by atomic mass is 9.91. The lowest BCUT2D eigenvalue weighted by molar-refractivity contribution is -0.143. The van der Waals surface area contributed by atoms with Gasteiger partial charge in [0.15, 0.2) is 0 Å². The van der Waals surface area contributed by atoms with Crippen molar-refractivity contribution in [3.63, 3.8) is 0 Å². The third-order valence-corrected chi connectivity index (χ3v) is 3.34. The van der Waals surface area contributed by atoms with Gasteiger partial charge in [-0.3, -0.25) is 0 Å². The summed E-state index contributed by atoms with van der Waals surface area (Å²) >= 11 is 0. The molecule has 0 bridgehead atoms. The molecule has 1 fully saturated rings. The Labute approximate surface area is 121 Å². The number of aliphatic hydroxyl groups excluding tert-OH is 1. The van der Waals surface area contributed by atoms with Crippen LogP contribution in [0.5, 0.6) is 0 Å². The van der Waals surface area contributed by atoms with Gasteiger partial charge in [0.05, 0.1) is 36.4 Å². The van der Waals surface area contributed by atoms with Gasteiger partial charge in [0, 0.05) is 5.71 Å². The van der Waals surface area contributed by atoms with E-state index in [9.17, 15) is 31.4 Å². The summed E-state index contributed by atoms with van der Waals surface area (Å²) < 4.78 is 81.3. The maximum atomic E-state index is 12.7. The zero-order valence-electron chi connectivity index (χ0n) is 10.9. The van der Waals surface area contributed by atoms with Gasteiger partial charge in [0.25, 0.3) is 0 Å². The third kappa shape index (κ3) is 3.41. The van der Waals surface area contributed by atoms with Crippen LogP contribution in [0, 0.1) is 11.3 Å². The maximum absolute atomic E-state index is 12.7. The molecule has 22 heavy (non-hydrogen) atoms. The van der Waals surface area contributed by atoms with Crippen LogP contribution in [0.3, 0.4) is 0 Å². The first-order chi connectivity index (χ1) is 10.00. The van der Waals surface area contributed by atoms with Crippen molar-refractivity contribution >= 4 is 5.71 Å². The Balaban J connectivity index is 2.48. The molecule has 0 aliphatic carbocycles. The van der Waals surface area contributed by atoms with Gasteiger partial charge in [0.2, 0.25) is 0 Å². The van der Waals surface area contributed by atoms with Gasteiger partial charge < -0.3 is 15.3 Å². The highest BCUT2D eigenvalue weighted by atomic mass is 19.4. The minimum Gasteiger partial charge on any atom is -0.388 e. The number of halogens is 6. The molecule has 122 valence electrons. The second-order valence-corrected chi connectivity index (χ2v) is 4.93. The van der Waals surface area contributed by atoms with Gasteiger partial charge in [-0.05, 0) is 23.8 Å². The van der Waals surface area contributed by atoms with Crippen LogP contribution < -0.4 is 0 Å². The molecule has 2 atom stereocenters.